The van der Waals surface area contributed by atoms with Gasteiger partial charge in [-0.2, -0.15) is 0 Å². The van der Waals surface area contributed by atoms with E-state index in [0.717, 1.165) is 12.3 Å². The number of piperazine rings is 1. The molecule has 1 aromatic heterocycles. The largest absolute Gasteiger partial charge is 0.367 e. The lowest BCUT2D eigenvalue weighted by molar-refractivity contribution is -0.133. The van der Waals surface area contributed by atoms with E-state index in [0.29, 0.717) is 43.1 Å². The summed E-state index contributed by atoms with van der Waals surface area (Å²) < 4.78 is 38.1. The molecule has 1 aliphatic rings. The number of carbonyl (C=O) groups is 2. The number of nitrogens with zero attached hydrogens (tertiary/aromatic N) is 4. The molecule has 2 amide bonds. The first kappa shape index (κ1) is 25.2. The molecule has 2 aromatic carbocycles. The Kier molecular flexibility index (Phi) is 7.30. The van der Waals surface area contributed by atoms with Gasteiger partial charge in [0.15, 0.2) is 9.84 Å². The molecule has 1 saturated heterocycles. The van der Waals surface area contributed by atoms with Crippen LogP contribution in [0.15, 0.2) is 65.8 Å². The van der Waals surface area contributed by atoms with Crippen molar-refractivity contribution in [2.24, 2.45) is 0 Å². The summed E-state index contributed by atoms with van der Waals surface area (Å²) in [5, 5.41) is 2.78. The second-order valence-electron chi connectivity index (χ2n) is 8.56. The highest BCUT2D eigenvalue weighted by Crippen LogP contribution is 2.28. The fraction of sp³-hybridized carbons (Fsp3) is 0.280. The van der Waals surface area contributed by atoms with Crippen LogP contribution >= 0.6 is 0 Å². The second-order valence-corrected chi connectivity index (χ2v) is 10.5. The Labute approximate surface area is 208 Å². The van der Waals surface area contributed by atoms with E-state index >= 15 is 0 Å². The maximum atomic E-state index is 13.7. The molecule has 9 nitrogen and oxygen atoms in total. The third-order valence-electron chi connectivity index (χ3n) is 5.92. The van der Waals surface area contributed by atoms with Gasteiger partial charge in [0.2, 0.25) is 5.91 Å². The molecule has 4 rings (SSSR count). The third kappa shape index (κ3) is 5.68. The zero-order chi connectivity index (χ0) is 25.9. The predicted octanol–water partition coefficient (Wildman–Crippen LogP) is 2.15. The summed E-state index contributed by atoms with van der Waals surface area (Å²) in [5.74, 6) is -1.45. The average molecular weight is 512 g/mol. The van der Waals surface area contributed by atoms with Gasteiger partial charge >= 0.3 is 0 Å². The number of anilines is 1. The Morgan fingerprint density at radius 2 is 1.69 bits per heavy atom. The Morgan fingerprint density at radius 1 is 1.00 bits per heavy atom. The van der Waals surface area contributed by atoms with E-state index in [-0.39, 0.29) is 16.5 Å². The van der Waals surface area contributed by atoms with Crippen LogP contribution in [0, 0.1) is 12.7 Å². The maximum Gasteiger partial charge on any atom is 0.272 e. The van der Waals surface area contributed by atoms with Gasteiger partial charge in [-0.25, -0.2) is 17.8 Å². The first-order valence-corrected chi connectivity index (χ1v) is 13.2. The predicted molar refractivity (Wildman–Crippen MR) is 132 cm³/mol. The summed E-state index contributed by atoms with van der Waals surface area (Å²) in [6.07, 6.45) is 3.88. The molecule has 36 heavy (non-hydrogen) atoms. The van der Waals surface area contributed by atoms with Crippen molar-refractivity contribution in [3.8, 4) is 0 Å². The molecule has 0 aliphatic carbocycles. The summed E-state index contributed by atoms with van der Waals surface area (Å²) in [7, 11) is -3.65. The van der Waals surface area contributed by atoms with E-state index in [9.17, 15) is 22.4 Å². The zero-order valence-electron chi connectivity index (χ0n) is 19.9. The number of aryl methyl sites for hydroxylation is 1. The van der Waals surface area contributed by atoms with Gasteiger partial charge in [0.1, 0.15) is 17.6 Å². The normalized spacial score (nSPS) is 14.9. The fourth-order valence-electron chi connectivity index (χ4n) is 4.04. The highest BCUT2D eigenvalue weighted by atomic mass is 32.2. The SMILES string of the molecule is Cc1cnc(C(=O)N[C@@H](C(=O)N2CCN(c3ccc(F)cc3S(C)(=O)=O)CC2)c2ccccc2)cn1. The molecule has 0 radical (unpaired) electrons. The van der Waals surface area contributed by atoms with E-state index in [1.165, 1.54) is 24.5 Å². The van der Waals surface area contributed by atoms with Crippen molar-refractivity contribution in [2.75, 3.05) is 37.3 Å². The minimum absolute atomic E-state index is 0.0871. The molecule has 1 aliphatic heterocycles. The van der Waals surface area contributed by atoms with Gasteiger partial charge in [0, 0.05) is 38.6 Å². The van der Waals surface area contributed by atoms with Crippen LogP contribution in [-0.2, 0) is 14.6 Å². The number of hydrogen-bond acceptors (Lipinski definition) is 7. The van der Waals surface area contributed by atoms with E-state index < -0.39 is 27.6 Å². The monoisotopic (exact) mass is 511 g/mol. The van der Waals surface area contributed by atoms with Crippen molar-refractivity contribution in [1.29, 1.82) is 0 Å². The summed E-state index contributed by atoms with van der Waals surface area (Å²) >= 11 is 0. The van der Waals surface area contributed by atoms with Crippen LogP contribution in [0.5, 0.6) is 0 Å². The Balaban J connectivity index is 1.52. The number of aromatic nitrogens is 2. The van der Waals surface area contributed by atoms with Gasteiger partial charge in [-0.3, -0.25) is 14.6 Å². The molecule has 2 heterocycles. The van der Waals surface area contributed by atoms with Gasteiger partial charge in [0.05, 0.1) is 22.5 Å². The van der Waals surface area contributed by atoms with Gasteiger partial charge < -0.3 is 15.1 Å². The quantitative estimate of drug-likeness (QED) is 0.540. The zero-order valence-corrected chi connectivity index (χ0v) is 20.7. The molecule has 0 unspecified atom stereocenters. The van der Waals surface area contributed by atoms with Crippen molar-refractivity contribution in [2.45, 2.75) is 17.9 Å². The van der Waals surface area contributed by atoms with Crippen LogP contribution in [0.4, 0.5) is 10.1 Å². The van der Waals surface area contributed by atoms with Crippen molar-refractivity contribution < 1.29 is 22.4 Å². The number of hydrogen-bond donors (Lipinski definition) is 1. The highest BCUT2D eigenvalue weighted by Gasteiger charge is 2.31. The first-order chi connectivity index (χ1) is 17.1. The summed E-state index contributed by atoms with van der Waals surface area (Å²) in [5.41, 5.74) is 1.79. The van der Waals surface area contributed by atoms with E-state index in [1.807, 2.05) is 11.0 Å². The molecule has 1 atom stereocenters. The number of nitrogens with one attached hydrogen (secondary N) is 1. The van der Waals surface area contributed by atoms with Crippen LogP contribution in [0.1, 0.15) is 27.8 Å². The lowest BCUT2D eigenvalue weighted by atomic mass is 10.0. The maximum absolute atomic E-state index is 13.7. The van der Waals surface area contributed by atoms with Crippen molar-refractivity contribution in [3.05, 3.63) is 83.7 Å². The van der Waals surface area contributed by atoms with E-state index in [4.69, 9.17) is 0 Å². The van der Waals surface area contributed by atoms with Crippen LogP contribution in [0.3, 0.4) is 0 Å². The van der Waals surface area contributed by atoms with Gasteiger partial charge in [-0.05, 0) is 30.7 Å². The molecule has 0 saturated carbocycles. The molecular weight excluding hydrogens is 485 g/mol. The minimum Gasteiger partial charge on any atom is -0.367 e. The Morgan fingerprint density at radius 3 is 2.31 bits per heavy atom. The van der Waals surface area contributed by atoms with Gasteiger partial charge in [-0.1, -0.05) is 30.3 Å². The Bertz CT molecular complexity index is 1360. The third-order valence-corrected chi connectivity index (χ3v) is 7.05. The number of amides is 2. The summed E-state index contributed by atoms with van der Waals surface area (Å²) in [6.45, 7) is 3.04. The first-order valence-electron chi connectivity index (χ1n) is 11.3. The molecular formula is C25H26FN5O4S. The number of carbonyl (C=O) groups excluding carboxylic acids is 2. The number of benzene rings is 2. The van der Waals surface area contributed by atoms with Crippen molar-refractivity contribution in [1.82, 2.24) is 20.2 Å². The van der Waals surface area contributed by atoms with Gasteiger partial charge in [-0.15, -0.1) is 0 Å². The molecule has 3 aromatic rings. The smallest absolute Gasteiger partial charge is 0.272 e. The number of halogens is 1. The average Bonchev–Trinajstić information content (AvgIpc) is 2.87. The standard InChI is InChI=1S/C25H26FN5O4S/c1-17-15-28-20(16-27-17)24(32)29-23(18-6-4-3-5-7-18)25(33)31-12-10-30(11-13-31)21-9-8-19(26)14-22(21)36(2,34)35/h3-9,14-16,23H,10-13H2,1-2H3,(H,29,32)/t23-/m1/s1. The van der Waals surface area contributed by atoms with Crippen LogP contribution in [0.2, 0.25) is 0 Å². The second kappa shape index (κ2) is 10.4. The lowest BCUT2D eigenvalue weighted by Crippen LogP contribution is -2.52. The highest BCUT2D eigenvalue weighted by molar-refractivity contribution is 7.90. The molecule has 1 fully saturated rings. The molecule has 11 heteroatoms. The molecule has 0 bridgehead atoms. The summed E-state index contributed by atoms with van der Waals surface area (Å²) in [6, 6.07) is 11.6. The minimum atomic E-state index is -3.65. The van der Waals surface area contributed by atoms with Crippen molar-refractivity contribution in [3.63, 3.8) is 0 Å². The van der Waals surface area contributed by atoms with Crippen LogP contribution < -0.4 is 10.2 Å². The number of sulfone groups is 1. The molecule has 1 N–H and O–H groups in total. The Hall–Kier alpha value is -3.86. The molecule has 188 valence electrons. The molecule has 0 spiro atoms. The topological polar surface area (TPSA) is 113 Å². The lowest BCUT2D eigenvalue weighted by Gasteiger charge is -2.38. The number of rotatable bonds is 6. The van der Waals surface area contributed by atoms with E-state index in [2.05, 4.69) is 15.3 Å². The van der Waals surface area contributed by atoms with Crippen molar-refractivity contribution >= 4 is 27.3 Å². The fourth-order valence-corrected chi connectivity index (χ4v) is 4.95. The van der Waals surface area contributed by atoms with Crippen LogP contribution in [0.25, 0.3) is 0 Å². The van der Waals surface area contributed by atoms with Gasteiger partial charge in [0.25, 0.3) is 5.91 Å². The van der Waals surface area contributed by atoms with Crippen LogP contribution in [-0.4, -0.2) is 67.5 Å². The summed E-state index contributed by atoms with van der Waals surface area (Å²) in [4.78, 5) is 37.9. The van der Waals surface area contributed by atoms with E-state index in [1.54, 1.807) is 36.1 Å².